The number of aromatic nitrogens is 2. The number of carbonyl (C=O) groups is 4. The summed E-state index contributed by atoms with van der Waals surface area (Å²) in [5, 5.41) is 10.9. The lowest BCUT2D eigenvalue weighted by Crippen LogP contribution is -2.44. The molecule has 0 aromatic carbocycles. The number of fused-ring (bicyclic) bond motifs is 8. The summed E-state index contributed by atoms with van der Waals surface area (Å²) >= 11 is 0. The molecule has 0 amide bonds. The van der Waals surface area contributed by atoms with Crippen LogP contribution >= 0.6 is 0 Å². The summed E-state index contributed by atoms with van der Waals surface area (Å²) in [5.74, 6) is -3.76. The Hall–Kier alpha value is -6.17. The maximum atomic E-state index is 13.7. The minimum Gasteiger partial charge on any atom is -0.481 e. The number of ether oxygens (including phenoxy) is 3. The van der Waals surface area contributed by atoms with E-state index in [2.05, 4.69) is 23.1 Å². The van der Waals surface area contributed by atoms with Gasteiger partial charge in [-0.2, -0.15) is 0 Å². The monoisotopic (exact) mass is 734 g/mol. The van der Waals surface area contributed by atoms with Crippen molar-refractivity contribution in [1.82, 2.24) is 9.97 Å². The van der Waals surface area contributed by atoms with E-state index in [9.17, 15) is 24.3 Å². The highest BCUT2D eigenvalue weighted by atomic mass is 16.5. The first-order valence-electron chi connectivity index (χ1n) is 17.4. The molecular formula is C42H46N4O8. The number of carbonyl (C=O) groups excluding carboxylic acids is 3. The number of aliphatic imine (C=N–C) groups is 1. The fraction of sp³-hybridized carbons (Fsp3) is 0.310. The van der Waals surface area contributed by atoms with Gasteiger partial charge < -0.3 is 35.0 Å². The van der Waals surface area contributed by atoms with Gasteiger partial charge >= 0.3 is 23.9 Å². The van der Waals surface area contributed by atoms with E-state index in [1.54, 1.807) is 24.3 Å². The second kappa shape index (κ2) is 15.4. The van der Waals surface area contributed by atoms with Gasteiger partial charge in [0.15, 0.2) is 0 Å². The Bertz CT molecular complexity index is 2320. The molecule has 0 fully saturated rings. The molecular weight excluding hydrogens is 688 g/mol. The van der Waals surface area contributed by atoms with E-state index in [4.69, 9.17) is 24.9 Å². The van der Waals surface area contributed by atoms with Crippen LogP contribution in [0.2, 0.25) is 0 Å². The fourth-order valence-electron chi connectivity index (χ4n) is 7.48. The number of nitrogens with one attached hydrogen (secondary N) is 2. The van der Waals surface area contributed by atoms with Crippen LogP contribution in [0.3, 0.4) is 0 Å². The van der Waals surface area contributed by atoms with Gasteiger partial charge in [0.1, 0.15) is 5.92 Å². The minimum atomic E-state index is -1.20. The van der Waals surface area contributed by atoms with Gasteiger partial charge in [-0.15, -0.1) is 0 Å². The van der Waals surface area contributed by atoms with Crippen molar-refractivity contribution >= 4 is 47.8 Å². The second-order valence-electron chi connectivity index (χ2n) is 13.6. The van der Waals surface area contributed by atoms with Gasteiger partial charge in [-0.05, 0) is 104 Å². The van der Waals surface area contributed by atoms with Crippen LogP contribution in [0.25, 0.3) is 18.2 Å². The summed E-state index contributed by atoms with van der Waals surface area (Å²) in [6.45, 7) is 15.9. The van der Waals surface area contributed by atoms with Crippen molar-refractivity contribution < 1.29 is 38.5 Å². The number of carboxylic acid groups (broad SMARTS) is 1. The number of carboxylic acids is 1. The topological polar surface area (TPSA) is 186 Å². The molecule has 2 aromatic heterocycles. The van der Waals surface area contributed by atoms with E-state index in [0.29, 0.717) is 62.3 Å². The van der Waals surface area contributed by atoms with Crippen molar-refractivity contribution in [1.29, 1.82) is 0 Å². The van der Waals surface area contributed by atoms with Crippen molar-refractivity contribution in [3.8, 4) is 0 Å². The van der Waals surface area contributed by atoms with Crippen LogP contribution in [0.15, 0.2) is 81.7 Å². The van der Waals surface area contributed by atoms with Gasteiger partial charge in [0.2, 0.25) is 0 Å². The molecule has 2 atom stereocenters. The van der Waals surface area contributed by atoms with Crippen molar-refractivity contribution in [2.45, 2.75) is 53.4 Å². The molecule has 12 heteroatoms. The van der Waals surface area contributed by atoms with Gasteiger partial charge in [-0.3, -0.25) is 19.4 Å². The Morgan fingerprint density at radius 1 is 0.907 bits per heavy atom. The fourth-order valence-corrected chi connectivity index (χ4v) is 7.48. The van der Waals surface area contributed by atoms with Gasteiger partial charge in [-0.25, -0.2) is 4.79 Å². The lowest BCUT2D eigenvalue weighted by Gasteiger charge is -2.37. The standard InChI is InChI=1S/C42H46N4O8/c1-10-25-22(3)21(2)17-35-29-14-11-28(40(50)53-8)39(41(51)54-9)42(29,6)36(46-35)20-32-24(5)27(13-16-38(49)52-7)34(45-32)19-33-26(12-15-37(47)48)23(4)31(44-33)18-30(25)43/h10-11,14,17-20,39,44-45H,1-2,12-13,15-16,43H2,3-9H3,(H,47,48)/b25-22?,30-18?,32-20?,34-19-,35-17-. The van der Waals surface area contributed by atoms with Crippen LogP contribution in [0.5, 0.6) is 0 Å². The highest BCUT2D eigenvalue weighted by molar-refractivity contribution is 6.20. The Kier molecular flexibility index (Phi) is 11.2. The van der Waals surface area contributed by atoms with Crippen LogP contribution < -0.4 is 16.4 Å². The highest BCUT2D eigenvalue weighted by Crippen LogP contribution is 2.52. The zero-order valence-electron chi connectivity index (χ0n) is 31.7. The first-order valence-corrected chi connectivity index (χ1v) is 17.4. The molecule has 2 aliphatic heterocycles. The highest BCUT2D eigenvalue weighted by Gasteiger charge is 2.54. The third kappa shape index (κ3) is 6.99. The predicted octanol–water partition coefficient (Wildman–Crippen LogP) is 4.24. The largest absolute Gasteiger partial charge is 0.481 e. The molecule has 2 unspecified atom stereocenters. The third-order valence-electron chi connectivity index (χ3n) is 10.7. The molecule has 3 aliphatic rings. The average Bonchev–Trinajstić information content (AvgIpc) is 3.70. The van der Waals surface area contributed by atoms with Crippen LogP contribution in [0, 0.1) is 25.2 Å². The molecule has 6 bridgehead atoms. The van der Waals surface area contributed by atoms with Crippen molar-refractivity contribution in [3.63, 3.8) is 0 Å². The third-order valence-corrected chi connectivity index (χ3v) is 10.7. The average molecular weight is 735 g/mol. The summed E-state index contributed by atoms with van der Waals surface area (Å²) in [6.07, 6.45) is 12.9. The SMILES string of the molecule is C=CC1=C(C)C(=C)/C=C2\N=C(C=c3[nH]/c(c(CCC(=O)OC)c3C)=C\c3[nH]c(c(C)c3CCC(=O)O)C=C1N)C1(C)C2=CC=C(C(=O)OC)C1C(=O)OC. The zero-order valence-corrected chi connectivity index (χ0v) is 31.7. The number of H-pyrrole nitrogens is 2. The van der Waals surface area contributed by atoms with E-state index in [0.717, 1.165) is 27.8 Å². The molecule has 5 N–H and O–H groups in total. The van der Waals surface area contributed by atoms with E-state index >= 15 is 0 Å². The number of hydrogen-bond donors (Lipinski definition) is 4. The second-order valence-corrected chi connectivity index (χ2v) is 13.6. The van der Waals surface area contributed by atoms with Crippen molar-refractivity contribution in [2.24, 2.45) is 22.1 Å². The molecule has 1 aliphatic carbocycles. The molecule has 0 radical (unpaired) electrons. The number of rotatable bonds is 9. The number of aromatic amines is 2. The lowest BCUT2D eigenvalue weighted by atomic mass is 9.63. The van der Waals surface area contributed by atoms with Crippen LogP contribution in [0.4, 0.5) is 0 Å². The summed E-state index contributed by atoms with van der Waals surface area (Å²) in [6, 6.07) is 0. The zero-order chi connectivity index (χ0) is 39.6. The number of esters is 3. The molecule has 54 heavy (non-hydrogen) atoms. The van der Waals surface area contributed by atoms with Crippen molar-refractivity contribution in [3.05, 3.63) is 121 Å². The van der Waals surface area contributed by atoms with Gasteiger partial charge in [-0.1, -0.05) is 31.4 Å². The summed E-state index contributed by atoms with van der Waals surface area (Å²) in [7, 11) is 3.86. The van der Waals surface area contributed by atoms with Crippen LogP contribution in [0.1, 0.15) is 60.3 Å². The first kappa shape index (κ1) is 39.0. The molecule has 0 spiro atoms. The first-order chi connectivity index (χ1) is 25.6. The Morgan fingerprint density at radius 3 is 2.24 bits per heavy atom. The van der Waals surface area contributed by atoms with E-state index in [1.807, 2.05) is 45.9 Å². The minimum absolute atomic E-state index is 0.0980. The predicted molar refractivity (Wildman–Crippen MR) is 206 cm³/mol. The number of nitrogens with two attached hydrogens (primary N) is 1. The molecule has 2 aromatic rings. The molecule has 0 saturated heterocycles. The maximum Gasteiger partial charge on any atom is 0.334 e. The Balaban J connectivity index is 1.92. The van der Waals surface area contributed by atoms with Gasteiger partial charge in [0, 0.05) is 46.2 Å². The number of aliphatic carboxylic acids is 1. The lowest BCUT2D eigenvalue weighted by molar-refractivity contribution is -0.149. The normalized spacial score (nSPS) is 21.0. The molecule has 4 heterocycles. The summed E-state index contributed by atoms with van der Waals surface area (Å²) < 4.78 is 15.4. The van der Waals surface area contributed by atoms with Crippen LogP contribution in [-0.4, -0.2) is 66.0 Å². The number of nitrogens with zero attached hydrogens (tertiary/aromatic N) is 1. The quantitative estimate of drug-likeness (QED) is 0.216. The van der Waals surface area contributed by atoms with Gasteiger partial charge in [0.25, 0.3) is 0 Å². The smallest absolute Gasteiger partial charge is 0.334 e. The molecule has 0 saturated carbocycles. The van der Waals surface area contributed by atoms with E-state index in [-0.39, 0.29) is 30.8 Å². The molecule has 282 valence electrons. The van der Waals surface area contributed by atoms with Gasteiger partial charge in [0.05, 0.1) is 43.7 Å². The van der Waals surface area contributed by atoms with E-state index < -0.39 is 29.2 Å². The summed E-state index contributed by atoms with van der Waals surface area (Å²) in [5.41, 5.74) is 14.2. The maximum absolute atomic E-state index is 13.7. The van der Waals surface area contributed by atoms with Crippen molar-refractivity contribution in [2.75, 3.05) is 21.3 Å². The number of hydrogen-bond acceptors (Lipinski definition) is 9. The molecule has 12 nitrogen and oxygen atoms in total. The summed E-state index contributed by atoms with van der Waals surface area (Å²) in [4.78, 5) is 63.0. The van der Waals surface area contributed by atoms with Crippen LogP contribution in [-0.2, 0) is 46.2 Å². The number of allylic oxidation sites excluding steroid dienone is 7. The molecule has 5 rings (SSSR count). The Morgan fingerprint density at radius 2 is 1.61 bits per heavy atom. The number of methoxy groups -OCH3 is 3. The Labute approximate surface area is 313 Å². The van der Waals surface area contributed by atoms with E-state index in [1.165, 1.54) is 21.3 Å².